The Morgan fingerprint density at radius 1 is 1.22 bits per heavy atom. The minimum absolute atomic E-state index is 0.0330. The van der Waals surface area contributed by atoms with Crippen molar-refractivity contribution in [1.29, 1.82) is 5.26 Å². The van der Waals surface area contributed by atoms with E-state index in [1.165, 1.54) is 30.5 Å². The number of aromatic nitrogens is 1. The van der Waals surface area contributed by atoms with E-state index in [9.17, 15) is 13.6 Å². The first-order chi connectivity index (χ1) is 8.63. The molecule has 2 rings (SSSR count). The molecule has 0 saturated carbocycles. The molecule has 90 valence electrons. The fourth-order valence-corrected chi connectivity index (χ4v) is 1.60. The van der Waals surface area contributed by atoms with Gasteiger partial charge in [0.1, 0.15) is 11.6 Å². The topological polar surface area (TPSA) is 45.8 Å². The highest BCUT2D eigenvalue weighted by molar-refractivity contribution is 5.26. The van der Waals surface area contributed by atoms with Crippen LogP contribution in [0.4, 0.5) is 8.78 Å². The van der Waals surface area contributed by atoms with Gasteiger partial charge in [-0.25, -0.2) is 8.78 Å². The van der Waals surface area contributed by atoms with Crippen LogP contribution in [-0.4, -0.2) is 4.57 Å². The van der Waals surface area contributed by atoms with E-state index in [0.717, 1.165) is 10.6 Å². The Balaban J connectivity index is 2.45. The summed E-state index contributed by atoms with van der Waals surface area (Å²) in [7, 11) is 0. The Bertz CT molecular complexity index is 686. The van der Waals surface area contributed by atoms with Crippen molar-refractivity contribution in [2.45, 2.75) is 6.54 Å². The van der Waals surface area contributed by atoms with Crippen molar-refractivity contribution in [3.63, 3.8) is 0 Å². The van der Waals surface area contributed by atoms with Gasteiger partial charge in [-0.05, 0) is 18.2 Å². The summed E-state index contributed by atoms with van der Waals surface area (Å²) in [6.07, 6.45) is 1.42. The average Bonchev–Trinajstić information content (AvgIpc) is 2.37. The lowest BCUT2D eigenvalue weighted by Crippen LogP contribution is -2.22. The number of hydrogen-bond acceptors (Lipinski definition) is 2. The molecule has 1 aromatic carbocycles. The number of nitrogens with zero attached hydrogens (tertiary/aromatic N) is 2. The number of hydrogen-bond donors (Lipinski definition) is 0. The molecule has 0 aliphatic heterocycles. The largest absolute Gasteiger partial charge is 0.310 e. The zero-order valence-corrected chi connectivity index (χ0v) is 9.23. The molecule has 0 aliphatic carbocycles. The lowest BCUT2D eigenvalue weighted by atomic mass is 10.2. The van der Waals surface area contributed by atoms with Crippen LogP contribution >= 0.6 is 0 Å². The maximum atomic E-state index is 13.4. The highest BCUT2D eigenvalue weighted by atomic mass is 19.2. The monoisotopic (exact) mass is 246 g/mol. The second-order valence-corrected chi connectivity index (χ2v) is 3.68. The van der Waals surface area contributed by atoms with Gasteiger partial charge >= 0.3 is 0 Å². The van der Waals surface area contributed by atoms with E-state index in [2.05, 4.69) is 0 Å². The van der Waals surface area contributed by atoms with Gasteiger partial charge in [-0.2, -0.15) is 5.26 Å². The van der Waals surface area contributed by atoms with Crippen molar-refractivity contribution in [2.24, 2.45) is 0 Å². The molecule has 0 amide bonds. The van der Waals surface area contributed by atoms with Crippen LogP contribution in [-0.2, 0) is 6.54 Å². The van der Waals surface area contributed by atoms with Crippen LogP contribution in [0.5, 0.6) is 0 Å². The fourth-order valence-electron chi connectivity index (χ4n) is 1.60. The predicted octanol–water partition coefficient (Wildman–Crippen LogP) is 2.05. The molecule has 3 nitrogen and oxygen atoms in total. The Hall–Kier alpha value is -2.48. The van der Waals surface area contributed by atoms with Crippen molar-refractivity contribution in [2.75, 3.05) is 0 Å². The summed E-state index contributed by atoms with van der Waals surface area (Å²) in [6, 6.07) is 8.40. The molecule has 0 spiro atoms. The third-order valence-electron chi connectivity index (χ3n) is 2.51. The molecular formula is C13H8F2N2O. The van der Waals surface area contributed by atoms with E-state index >= 15 is 0 Å². The Labute approximate surface area is 102 Å². The Morgan fingerprint density at radius 3 is 2.72 bits per heavy atom. The van der Waals surface area contributed by atoms with E-state index in [4.69, 9.17) is 5.26 Å². The SMILES string of the molecule is N#Cc1cccn(Cc2cccc(F)c2F)c1=O. The highest BCUT2D eigenvalue weighted by Gasteiger charge is 2.09. The van der Waals surface area contributed by atoms with Gasteiger partial charge in [-0.3, -0.25) is 4.79 Å². The van der Waals surface area contributed by atoms with Crippen LogP contribution in [0.2, 0.25) is 0 Å². The first kappa shape index (κ1) is 12.0. The third kappa shape index (κ3) is 2.13. The molecule has 0 radical (unpaired) electrons. The van der Waals surface area contributed by atoms with Crippen molar-refractivity contribution in [3.05, 3.63) is 69.6 Å². The number of halogens is 2. The van der Waals surface area contributed by atoms with Crippen molar-refractivity contribution >= 4 is 0 Å². The van der Waals surface area contributed by atoms with Crippen LogP contribution < -0.4 is 5.56 Å². The van der Waals surface area contributed by atoms with Crippen LogP contribution in [0.1, 0.15) is 11.1 Å². The summed E-state index contributed by atoms with van der Waals surface area (Å²) in [5.74, 6) is -1.94. The smallest absolute Gasteiger partial charge is 0.268 e. The molecule has 0 N–H and O–H groups in total. The molecule has 0 atom stereocenters. The number of benzene rings is 1. The standard InChI is InChI=1S/C13H8F2N2O/c14-11-5-1-3-10(12(11)15)8-17-6-2-4-9(7-16)13(17)18/h1-6H,8H2. The average molecular weight is 246 g/mol. The fraction of sp³-hybridized carbons (Fsp3) is 0.0769. The van der Waals surface area contributed by atoms with Gasteiger partial charge in [0.05, 0.1) is 6.54 Å². The van der Waals surface area contributed by atoms with Crippen molar-refractivity contribution in [3.8, 4) is 6.07 Å². The summed E-state index contributed by atoms with van der Waals surface area (Å²) in [5.41, 5.74) is -0.495. The number of rotatable bonds is 2. The molecule has 1 aromatic heterocycles. The Kier molecular flexibility index (Phi) is 3.20. The molecule has 2 aromatic rings. The first-order valence-corrected chi connectivity index (χ1v) is 5.16. The second kappa shape index (κ2) is 4.80. The van der Waals surface area contributed by atoms with Gasteiger partial charge in [0.15, 0.2) is 11.6 Å². The summed E-state index contributed by atoms with van der Waals surface area (Å²) in [6.45, 7) is -0.113. The van der Waals surface area contributed by atoms with Crippen LogP contribution in [0.3, 0.4) is 0 Å². The van der Waals surface area contributed by atoms with Crippen LogP contribution in [0.25, 0.3) is 0 Å². The van der Waals surface area contributed by atoms with Gasteiger partial charge in [-0.15, -0.1) is 0 Å². The first-order valence-electron chi connectivity index (χ1n) is 5.16. The molecule has 5 heteroatoms. The number of nitriles is 1. The molecule has 0 saturated heterocycles. The van der Waals surface area contributed by atoms with Gasteiger partial charge in [0.25, 0.3) is 5.56 Å². The van der Waals surface area contributed by atoms with Gasteiger partial charge in [0.2, 0.25) is 0 Å². The van der Waals surface area contributed by atoms with Crippen LogP contribution in [0.15, 0.2) is 41.3 Å². The summed E-state index contributed by atoms with van der Waals surface area (Å²) in [5, 5.41) is 8.71. The van der Waals surface area contributed by atoms with Gasteiger partial charge in [0, 0.05) is 11.8 Å². The van der Waals surface area contributed by atoms with Crippen molar-refractivity contribution in [1.82, 2.24) is 4.57 Å². The van der Waals surface area contributed by atoms with Crippen LogP contribution in [0, 0.1) is 23.0 Å². The molecule has 1 heterocycles. The molecule has 0 bridgehead atoms. The molecular weight excluding hydrogens is 238 g/mol. The zero-order chi connectivity index (χ0) is 13.1. The second-order valence-electron chi connectivity index (χ2n) is 3.68. The minimum Gasteiger partial charge on any atom is -0.310 e. The summed E-state index contributed by atoms with van der Waals surface area (Å²) >= 11 is 0. The normalized spacial score (nSPS) is 10.1. The molecule has 0 aliphatic rings. The van der Waals surface area contributed by atoms with Gasteiger partial charge < -0.3 is 4.57 Å². The van der Waals surface area contributed by atoms with E-state index in [1.807, 2.05) is 0 Å². The van der Waals surface area contributed by atoms with E-state index < -0.39 is 17.2 Å². The highest BCUT2D eigenvalue weighted by Crippen LogP contribution is 2.12. The lowest BCUT2D eigenvalue weighted by molar-refractivity contribution is 0.494. The minimum atomic E-state index is -0.980. The summed E-state index contributed by atoms with van der Waals surface area (Å²) in [4.78, 5) is 11.7. The number of pyridine rings is 1. The quantitative estimate of drug-likeness (QED) is 0.814. The zero-order valence-electron chi connectivity index (χ0n) is 9.23. The molecule has 0 fully saturated rings. The Morgan fingerprint density at radius 2 is 2.00 bits per heavy atom. The maximum absolute atomic E-state index is 13.4. The maximum Gasteiger partial charge on any atom is 0.268 e. The third-order valence-corrected chi connectivity index (χ3v) is 2.51. The van der Waals surface area contributed by atoms with Crippen molar-refractivity contribution < 1.29 is 8.78 Å². The predicted molar refractivity (Wildman–Crippen MR) is 60.9 cm³/mol. The molecule has 0 unspecified atom stereocenters. The lowest BCUT2D eigenvalue weighted by Gasteiger charge is -2.07. The molecule has 18 heavy (non-hydrogen) atoms. The summed E-state index contributed by atoms with van der Waals surface area (Å²) < 4.78 is 27.6. The van der Waals surface area contributed by atoms with E-state index in [1.54, 1.807) is 6.07 Å². The van der Waals surface area contributed by atoms with Gasteiger partial charge in [-0.1, -0.05) is 12.1 Å². The van der Waals surface area contributed by atoms with E-state index in [-0.39, 0.29) is 17.7 Å². The van der Waals surface area contributed by atoms with E-state index in [0.29, 0.717) is 0 Å².